The fraction of sp³-hybridized carbons (Fsp3) is 0.250. The third-order valence-corrected chi connectivity index (χ3v) is 1.52. The lowest BCUT2D eigenvalue weighted by Gasteiger charge is -1.81. The summed E-state index contributed by atoms with van der Waals surface area (Å²) >= 11 is 9.28. The van der Waals surface area contributed by atoms with E-state index in [1.165, 1.54) is 0 Å². The molecule has 3 nitrogen and oxygen atoms in total. The van der Waals surface area contributed by atoms with Gasteiger partial charge in [-0.2, -0.15) is 17.8 Å². The molecule has 0 aromatic carbocycles. The molecule has 0 aliphatic rings. The Morgan fingerprint density at radius 2 is 2.44 bits per heavy atom. The Labute approximate surface area is 61.4 Å². The molecule has 0 saturated heterocycles. The van der Waals surface area contributed by atoms with Gasteiger partial charge in [-0.25, -0.2) is 0 Å². The van der Waals surface area contributed by atoms with Gasteiger partial charge < -0.3 is 4.52 Å². The summed E-state index contributed by atoms with van der Waals surface area (Å²) in [5.74, 6) is 0.711. The quantitative estimate of drug-likeness (QED) is 0.611. The zero-order chi connectivity index (χ0) is 6.85. The van der Waals surface area contributed by atoms with Crippen LogP contribution in [0.2, 0.25) is 5.02 Å². The average molecular weight is 166 g/mol. The Hall–Kier alpha value is -0.350. The summed E-state index contributed by atoms with van der Waals surface area (Å²) in [5.41, 5.74) is -0.402. The minimum Gasteiger partial charge on any atom is -0.381 e. The summed E-state index contributed by atoms with van der Waals surface area (Å²) in [7, 11) is 0. The second-order valence-corrected chi connectivity index (χ2v) is 2.12. The van der Waals surface area contributed by atoms with E-state index in [0.29, 0.717) is 11.5 Å². The first kappa shape index (κ1) is 6.77. The molecule has 1 heterocycles. The Morgan fingerprint density at radius 3 is 2.67 bits per heavy atom. The van der Waals surface area contributed by atoms with Crippen molar-refractivity contribution >= 4 is 24.2 Å². The molecular formula is C4H4ClNO2S. The van der Waals surface area contributed by atoms with Crippen molar-refractivity contribution < 1.29 is 4.52 Å². The first-order valence-electron chi connectivity index (χ1n) is 2.22. The van der Waals surface area contributed by atoms with Crippen molar-refractivity contribution in [2.45, 2.75) is 5.75 Å². The Bertz CT molecular complexity index is 253. The van der Waals surface area contributed by atoms with Crippen molar-refractivity contribution in [1.29, 1.82) is 0 Å². The van der Waals surface area contributed by atoms with Crippen LogP contribution >= 0.6 is 24.2 Å². The average Bonchev–Trinajstić information content (AvgIpc) is 2.15. The van der Waals surface area contributed by atoms with E-state index in [4.69, 9.17) is 11.6 Å². The van der Waals surface area contributed by atoms with Crippen molar-refractivity contribution in [3.8, 4) is 0 Å². The minimum absolute atomic E-state index is 0.0880. The topological polar surface area (TPSA) is 46.0 Å². The van der Waals surface area contributed by atoms with Crippen LogP contribution < -0.4 is 5.56 Å². The molecule has 1 aromatic rings. The second kappa shape index (κ2) is 2.49. The highest BCUT2D eigenvalue weighted by molar-refractivity contribution is 7.79. The number of H-pyrrole nitrogens is 1. The highest BCUT2D eigenvalue weighted by atomic mass is 35.5. The molecule has 0 bridgehead atoms. The Kier molecular flexibility index (Phi) is 1.87. The zero-order valence-corrected chi connectivity index (χ0v) is 6.00. The lowest BCUT2D eigenvalue weighted by Crippen LogP contribution is -1.96. The van der Waals surface area contributed by atoms with E-state index < -0.39 is 5.56 Å². The van der Waals surface area contributed by atoms with E-state index in [0.717, 1.165) is 0 Å². The Morgan fingerprint density at radius 1 is 1.78 bits per heavy atom. The molecule has 0 unspecified atom stereocenters. The second-order valence-electron chi connectivity index (χ2n) is 1.43. The van der Waals surface area contributed by atoms with Gasteiger partial charge in [-0.1, -0.05) is 11.6 Å². The molecule has 0 spiro atoms. The van der Waals surface area contributed by atoms with Gasteiger partial charge in [0.25, 0.3) is 5.56 Å². The molecule has 0 fully saturated rings. The SMILES string of the molecule is O=c1[nH]oc(CS)c1Cl. The molecule has 0 aliphatic carbocycles. The van der Waals surface area contributed by atoms with Crippen LogP contribution in [0.3, 0.4) is 0 Å². The molecule has 0 amide bonds. The summed E-state index contributed by atoms with van der Waals surface area (Å²) in [4.78, 5) is 10.5. The van der Waals surface area contributed by atoms with E-state index in [9.17, 15) is 4.79 Å². The van der Waals surface area contributed by atoms with Crippen LogP contribution in [0.15, 0.2) is 9.32 Å². The number of rotatable bonds is 1. The fourth-order valence-electron chi connectivity index (χ4n) is 0.426. The maximum absolute atomic E-state index is 10.5. The molecule has 50 valence electrons. The van der Waals surface area contributed by atoms with Crippen LogP contribution in [0.5, 0.6) is 0 Å². The molecule has 1 rings (SSSR count). The van der Waals surface area contributed by atoms with E-state index >= 15 is 0 Å². The van der Waals surface area contributed by atoms with Crippen molar-refractivity contribution in [2.75, 3.05) is 0 Å². The van der Waals surface area contributed by atoms with Crippen LogP contribution in [0, 0.1) is 0 Å². The zero-order valence-electron chi connectivity index (χ0n) is 4.35. The number of nitrogens with one attached hydrogen (secondary N) is 1. The monoisotopic (exact) mass is 165 g/mol. The molecule has 0 aliphatic heterocycles. The molecule has 1 aromatic heterocycles. The van der Waals surface area contributed by atoms with Crippen LogP contribution in [0.25, 0.3) is 0 Å². The summed E-state index contributed by atoms with van der Waals surface area (Å²) in [6.45, 7) is 0. The van der Waals surface area contributed by atoms with Crippen LogP contribution in [-0.2, 0) is 5.75 Å². The van der Waals surface area contributed by atoms with Gasteiger partial charge in [0, 0.05) is 0 Å². The predicted molar refractivity (Wildman–Crippen MR) is 37.0 cm³/mol. The van der Waals surface area contributed by atoms with Gasteiger partial charge in [0.05, 0.1) is 5.75 Å². The molecule has 5 heteroatoms. The van der Waals surface area contributed by atoms with Crippen molar-refractivity contribution in [3.05, 3.63) is 21.1 Å². The maximum atomic E-state index is 10.5. The van der Waals surface area contributed by atoms with Crippen LogP contribution in [0.1, 0.15) is 5.76 Å². The number of aromatic amines is 1. The van der Waals surface area contributed by atoms with Crippen molar-refractivity contribution in [1.82, 2.24) is 5.16 Å². The Balaban J connectivity index is 3.20. The number of thiol groups is 1. The number of halogens is 1. The van der Waals surface area contributed by atoms with E-state index in [1.54, 1.807) is 0 Å². The van der Waals surface area contributed by atoms with Gasteiger partial charge in [0.1, 0.15) is 0 Å². The molecule has 0 saturated carbocycles. The van der Waals surface area contributed by atoms with Gasteiger partial charge in [-0.05, 0) is 0 Å². The molecule has 0 radical (unpaired) electrons. The number of hydrogen-bond donors (Lipinski definition) is 2. The normalized spacial score (nSPS) is 10.0. The first-order chi connectivity index (χ1) is 4.25. The van der Waals surface area contributed by atoms with Crippen molar-refractivity contribution in [3.63, 3.8) is 0 Å². The summed E-state index contributed by atoms with van der Waals surface area (Å²) in [6.07, 6.45) is 0. The predicted octanol–water partition coefficient (Wildman–Crippen LogP) is 1.05. The van der Waals surface area contributed by atoms with Gasteiger partial charge >= 0.3 is 0 Å². The van der Waals surface area contributed by atoms with Gasteiger partial charge in [-0.3, -0.25) is 4.79 Å². The lowest BCUT2D eigenvalue weighted by atomic mass is 10.5. The third kappa shape index (κ3) is 1.14. The van der Waals surface area contributed by atoms with E-state index in [-0.39, 0.29) is 5.02 Å². The van der Waals surface area contributed by atoms with Gasteiger partial charge in [0.15, 0.2) is 10.8 Å². The van der Waals surface area contributed by atoms with Crippen molar-refractivity contribution in [2.24, 2.45) is 0 Å². The molecular weight excluding hydrogens is 162 g/mol. The van der Waals surface area contributed by atoms with Gasteiger partial charge in [0.2, 0.25) is 0 Å². The minimum atomic E-state index is -0.402. The highest BCUT2D eigenvalue weighted by Gasteiger charge is 2.06. The maximum Gasteiger partial charge on any atom is 0.298 e. The molecule has 1 N–H and O–H groups in total. The standard InChI is InChI=1S/C4H4ClNO2S/c5-3-2(1-9)8-6-4(3)7/h9H,1H2,(H,6,7). The first-order valence-corrected chi connectivity index (χ1v) is 3.23. The largest absolute Gasteiger partial charge is 0.381 e. The smallest absolute Gasteiger partial charge is 0.298 e. The van der Waals surface area contributed by atoms with Crippen LogP contribution in [-0.4, -0.2) is 5.16 Å². The van der Waals surface area contributed by atoms with Crippen LogP contribution in [0.4, 0.5) is 0 Å². The van der Waals surface area contributed by atoms with E-state index in [2.05, 4.69) is 22.3 Å². The lowest BCUT2D eigenvalue weighted by molar-refractivity contribution is 0.390. The van der Waals surface area contributed by atoms with E-state index in [1.807, 2.05) is 0 Å². The summed E-state index contributed by atoms with van der Waals surface area (Å²) in [6, 6.07) is 0. The number of hydrogen-bond acceptors (Lipinski definition) is 3. The fourth-order valence-corrected chi connectivity index (χ4v) is 0.886. The number of aromatic nitrogens is 1. The molecule has 9 heavy (non-hydrogen) atoms. The summed E-state index contributed by atoms with van der Waals surface area (Å²) in [5, 5.41) is 2.16. The highest BCUT2D eigenvalue weighted by Crippen LogP contribution is 2.10. The van der Waals surface area contributed by atoms with Gasteiger partial charge in [-0.15, -0.1) is 0 Å². The summed E-state index contributed by atoms with van der Waals surface area (Å²) < 4.78 is 4.60. The third-order valence-electron chi connectivity index (χ3n) is 0.855. The molecule has 0 atom stereocenters.